The van der Waals surface area contributed by atoms with Gasteiger partial charge < -0.3 is 15.8 Å². The molecule has 2 aromatic rings. The summed E-state index contributed by atoms with van der Waals surface area (Å²) < 4.78 is 5.81. The van der Waals surface area contributed by atoms with E-state index in [1.54, 1.807) is 24.3 Å². The quantitative estimate of drug-likeness (QED) is 0.855. The Balaban J connectivity index is 2.05. The molecule has 3 N–H and O–H groups in total. The lowest BCUT2D eigenvalue weighted by molar-refractivity contribution is -0.122. The molecule has 2 rings (SSSR count). The molecule has 0 aliphatic carbocycles. The van der Waals surface area contributed by atoms with E-state index < -0.39 is 12.0 Å². The monoisotopic (exact) mass is 326 g/mol. The first-order valence-electron chi connectivity index (χ1n) is 7.85. The number of hydrogen-bond donors (Lipinski definition) is 2. The average molecular weight is 326 g/mol. The predicted octanol–water partition coefficient (Wildman–Crippen LogP) is 3.20. The zero-order chi connectivity index (χ0) is 17.7. The normalized spacial score (nSPS) is 11.6. The topological polar surface area (TPSA) is 81.4 Å². The summed E-state index contributed by atoms with van der Waals surface area (Å²) >= 11 is 0. The maximum absolute atomic E-state index is 12.4. The molecule has 0 aromatic heterocycles. The van der Waals surface area contributed by atoms with Crippen molar-refractivity contribution in [3.63, 3.8) is 0 Å². The minimum Gasteiger partial charge on any atom is -0.481 e. The van der Waals surface area contributed by atoms with Crippen LogP contribution in [0.25, 0.3) is 0 Å². The van der Waals surface area contributed by atoms with Gasteiger partial charge in [-0.2, -0.15) is 0 Å². The molecule has 0 aliphatic heterocycles. The molecular weight excluding hydrogens is 304 g/mol. The van der Waals surface area contributed by atoms with Gasteiger partial charge in [-0.25, -0.2) is 0 Å². The molecule has 24 heavy (non-hydrogen) atoms. The minimum atomic E-state index is -0.595. The number of nitrogens with one attached hydrogen (secondary N) is 1. The lowest BCUT2D eigenvalue weighted by atomic mass is 10.1. The van der Waals surface area contributed by atoms with E-state index in [2.05, 4.69) is 5.32 Å². The van der Waals surface area contributed by atoms with Gasteiger partial charge in [-0.1, -0.05) is 13.0 Å². The van der Waals surface area contributed by atoms with E-state index in [9.17, 15) is 9.59 Å². The third-order valence-corrected chi connectivity index (χ3v) is 3.86. The van der Waals surface area contributed by atoms with E-state index in [4.69, 9.17) is 10.5 Å². The number of anilines is 1. The van der Waals surface area contributed by atoms with Crippen LogP contribution in [0, 0.1) is 13.8 Å². The van der Waals surface area contributed by atoms with Crippen LogP contribution >= 0.6 is 0 Å². The summed E-state index contributed by atoms with van der Waals surface area (Å²) in [5.41, 5.74) is 8.47. The van der Waals surface area contributed by atoms with Crippen molar-refractivity contribution in [1.29, 1.82) is 0 Å². The van der Waals surface area contributed by atoms with Gasteiger partial charge in [0.25, 0.3) is 5.91 Å². The van der Waals surface area contributed by atoms with E-state index in [1.165, 1.54) is 5.56 Å². The number of rotatable bonds is 6. The van der Waals surface area contributed by atoms with Gasteiger partial charge in [-0.3, -0.25) is 9.59 Å². The SMILES string of the molecule is CC[C@@H](Oc1ccc(C)c(C)c1)C(=O)Nc1ccc(C(N)=O)cc1. The predicted molar refractivity (Wildman–Crippen MR) is 94.2 cm³/mol. The first-order valence-corrected chi connectivity index (χ1v) is 7.85. The number of ether oxygens (including phenoxy) is 1. The molecule has 0 fully saturated rings. The van der Waals surface area contributed by atoms with Crippen LogP contribution in [0.15, 0.2) is 42.5 Å². The van der Waals surface area contributed by atoms with Crippen molar-refractivity contribution in [1.82, 2.24) is 0 Å². The van der Waals surface area contributed by atoms with Crippen molar-refractivity contribution in [2.24, 2.45) is 5.73 Å². The van der Waals surface area contributed by atoms with E-state index in [0.29, 0.717) is 23.4 Å². The standard InChI is InChI=1S/C19H22N2O3/c1-4-17(24-16-10-5-12(2)13(3)11-16)19(23)21-15-8-6-14(7-9-15)18(20)22/h5-11,17H,4H2,1-3H3,(H2,20,22)(H,21,23)/t17-/m1/s1. The number of carbonyl (C=O) groups excluding carboxylic acids is 2. The van der Waals surface area contributed by atoms with Gasteiger partial charge in [0.15, 0.2) is 6.10 Å². The molecule has 126 valence electrons. The van der Waals surface area contributed by atoms with E-state index >= 15 is 0 Å². The Morgan fingerprint density at radius 3 is 2.29 bits per heavy atom. The summed E-state index contributed by atoms with van der Waals surface area (Å²) in [5.74, 6) is -0.0656. The molecule has 0 unspecified atom stereocenters. The fourth-order valence-corrected chi connectivity index (χ4v) is 2.21. The van der Waals surface area contributed by atoms with Crippen LogP contribution in [-0.2, 0) is 4.79 Å². The molecule has 0 saturated heterocycles. The molecule has 5 nitrogen and oxygen atoms in total. The number of carbonyl (C=O) groups is 2. The average Bonchev–Trinajstić information content (AvgIpc) is 2.56. The first kappa shape index (κ1) is 17.5. The third-order valence-electron chi connectivity index (χ3n) is 3.86. The maximum atomic E-state index is 12.4. The molecule has 2 aromatic carbocycles. The zero-order valence-electron chi connectivity index (χ0n) is 14.1. The Morgan fingerprint density at radius 1 is 1.08 bits per heavy atom. The lowest BCUT2D eigenvalue weighted by Crippen LogP contribution is -2.32. The highest BCUT2D eigenvalue weighted by atomic mass is 16.5. The Hall–Kier alpha value is -2.82. The lowest BCUT2D eigenvalue weighted by Gasteiger charge is -2.18. The number of hydrogen-bond acceptors (Lipinski definition) is 3. The summed E-state index contributed by atoms with van der Waals surface area (Å²) in [6.45, 7) is 5.92. The van der Waals surface area contributed by atoms with Gasteiger partial charge in [0, 0.05) is 11.3 Å². The highest BCUT2D eigenvalue weighted by Crippen LogP contribution is 2.19. The zero-order valence-corrected chi connectivity index (χ0v) is 14.1. The molecule has 5 heteroatoms. The highest BCUT2D eigenvalue weighted by Gasteiger charge is 2.18. The molecular formula is C19H22N2O3. The fourth-order valence-electron chi connectivity index (χ4n) is 2.21. The summed E-state index contributed by atoms with van der Waals surface area (Å²) in [4.78, 5) is 23.4. The smallest absolute Gasteiger partial charge is 0.265 e. The van der Waals surface area contributed by atoms with Crippen LogP contribution < -0.4 is 15.8 Å². The van der Waals surface area contributed by atoms with Crippen molar-refractivity contribution in [2.45, 2.75) is 33.3 Å². The van der Waals surface area contributed by atoms with Crippen molar-refractivity contribution < 1.29 is 14.3 Å². The Labute approximate surface area is 141 Å². The molecule has 0 heterocycles. The van der Waals surface area contributed by atoms with Crippen LogP contribution in [0.2, 0.25) is 0 Å². The second-order valence-corrected chi connectivity index (χ2v) is 5.69. The molecule has 0 spiro atoms. The number of benzene rings is 2. The van der Waals surface area contributed by atoms with Crippen LogP contribution in [0.4, 0.5) is 5.69 Å². The first-order chi connectivity index (χ1) is 11.4. The van der Waals surface area contributed by atoms with Crippen LogP contribution in [0.3, 0.4) is 0 Å². The van der Waals surface area contributed by atoms with Gasteiger partial charge >= 0.3 is 0 Å². The second-order valence-electron chi connectivity index (χ2n) is 5.69. The molecule has 0 radical (unpaired) electrons. The largest absolute Gasteiger partial charge is 0.481 e. The Morgan fingerprint density at radius 2 is 1.75 bits per heavy atom. The van der Waals surface area contributed by atoms with E-state index in [-0.39, 0.29) is 5.91 Å². The number of aryl methyl sites for hydroxylation is 2. The molecule has 0 bridgehead atoms. The molecule has 2 amide bonds. The summed E-state index contributed by atoms with van der Waals surface area (Å²) in [5, 5.41) is 2.79. The van der Waals surface area contributed by atoms with Crippen LogP contribution in [0.1, 0.15) is 34.8 Å². The summed E-state index contributed by atoms with van der Waals surface area (Å²) in [7, 11) is 0. The summed E-state index contributed by atoms with van der Waals surface area (Å²) in [6, 6.07) is 12.2. The minimum absolute atomic E-state index is 0.234. The van der Waals surface area contributed by atoms with Crippen molar-refractivity contribution in [3.8, 4) is 5.75 Å². The van der Waals surface area contributed by atoms with Crippen LogP contribution in [-0.4, -0.2) is 17.9 Å². The van der Waals surface area contributed by atoms with Crippen molar-refractivity contribution in [3.05, 3.63) is 59.2 Å². The van der Waals surface area contributed by atoms with E-state index in [1.807, 2.05) is 39.0 Å². The maximum Gasteiger partial charge on any atom is 0.265 e. The van der Waals surface area contributed by atoms with Gasteiger partial charge in [0.1, 0.15) is 5.75 Å². The molecule has 0 saturated carbocycles. The number of nitrogens with two attached hydrogens (primary N) is 1. The second kappa shape index (κ2) is 7.64. The molecule has 1 atom stereocenters. The van der Waals surface area contributed by atoms with Crippen molar-refractivity contribution >= 4 is 17.5 Å². The van der Waals surface area contributed by atoms with Gasteiger partial charge in [0.05, 0.1) is 0 Å². The van der Waals surface area contributed by atoms with Gasteiger partial charge in [-0.05, 0) is 67.8 Å². The number of amides is 2. The van der Waals surface area contributed by atoms with E-state index in [0.717, 1.165) is 5.56 Å². The Bertz CT molecular complexity index is 739. The number of primary amides is 1. The van der Waals surface area contributed by atoms with Gasteiger partial charge in [-0.15, -0.1) is 0 Å². The Kier molecular flexibility index (Phi) is 5.58. The molecule has 0 aliphatic rings. The third kappa shape index (κ3) is 4.35. The van der Waals surface area contributed by atoms with Crippen molar-refractivity contribution in [2.75, 3.05) is 5.32 Å². The highest BCUT2D eigenvalue weighted by molar-refractivity contribution is 5.96. The van der Waals surface area contributed by atoms with Crippen LogP contribution in [0.5, 0.6) is 5.75 Å². The summed E-state index contributed by atoms with van der Waals surface area (Å²) in [6.07, 6.45) is -0.0547. The fraction of sp³-hybridized carbons (Fsp3) is 0.263. The van der Waals surface area contributed by atoms with Gasteiger partial charge in [0.2, 0.25) is 5.91 Å².